The number of rotatable bonds is 6. The largest absolute Gasteiger partial charge is 0.494 e. The molecule has 0 saturated carbocycles. The maximum Gasteiger partial charge on any atom is 0.119 e. The van der Waals surface area contributed by atoms with Crippen LogP contribution in [0.15, 0.2) is 24.3 Å². The second-order valence-corrected chi connectivity index (χ2v) is 5.04. The standard InChI is InChI=1S/C15H25N3O/c1-4-16-10-14-11(3)15(18-17-14)12-6-8-13(9-7-12)19-5-2/h6-9,11,14-18H,4-5,10H2,1-3H3. The normalized spacial score (nSPS) is 26.6. The van der Waals surface area contributed by atoms with Crippen molar-refractivity contribution in [2.24, 2.45) is 5.92 Å². The number of hydrogen-bond acceptors (Lipinski definition) is 4. The molecule has 0 radical (unpaired) electrons. The monoisotopic (exact) mass is 263 g/mol. The average molecular weight is 263 g/mol. The zero-order chi connectivity index (χ0) is 13.7. The van der Waals surface area contributed by atoms with E-state index in [0.717, 1.165) is 18.8 Å². The van der Waals surface area contributed by atoms with E-state index in [1.54, 1.807) is 0 Å². The van der Waals surface area contributed by atoms with Gasteiger partial charge in [-0.1, -0.05) is 26.0 Å². The van der Waals surface area contributed by atoms with Crippen LogP contribution < -0.4 is 20.9 Å². The van der Waals surface area contributed by atoms with Gasteiger partial charge in [-0.05, 0) is 37.1 Å². The Balaban J connectivity index is 1.98. The molecule has 2 rings (SSSR count). The van der Waals surface area contributed by atoms with Gasteiger partial charge in [0.05, 0.1) is 12.6 Å². The summed E-state index contributed by atoms with van der Waals surface area (Å²) in [4.78, 5) is 0. The highest BCUT2D eigenvalue weighted by atomic mass is 16.5. The van der Waals surface area contributed by atoms with Crippen LogP contribution in [0.2, 0.25) is 0 Å². The highest BCUT2D eigenvalue weighted by Crippen LogP contribution is 2.29. The van der Waals surface area contributed by atoms with Crippen molar-refractivity contribution < 1.29 is 4.74 Å². The molecule has 1 heterocycles. The molecule has 1 aliphatic heterocycles. The van der Waals surface area contributed by atoms with E-state index in [2.05, 4.69) is 42.1 Å². The Labute approximate surface area is 115 Å². The molecule has 3 unspecified atom stereocenters. The summed E-state index contributed by atoms with van der Waals surface area (Å²) in [6.07, 6.45) is 0. The van der Waals surface area contributed by atoms with Gasteiger partial charge in [-0.2, -0.15) is 0 Å². The van der Waals surface area contributed by atoms with Crippen molar-refractivity contribution in [3.63, 3.8) is 0 Å². The predicted octanol–water partition coefficient (Wildman–Crippen LogP) is 1.85. The molecule has 106 valence electrons. The molecule has 0 aromatic heterocycles. The Morgan fingerprint density at radius 2 is 1.89 bits per heavy atom. The number of benzene rings is 1. The third-order valence-electron chi connectivity index (χ3n) is 3.75. The summed E-state index contributed by atoms with van der Waals surface area (Å²) in [6.45, 7) is 9.15. The van der Waals surface area contributed by atoms with Gasteiger partial charge in [0, 0.05) is 12.6 Å². The molecule has 1 aromatic rings. The third-order valence-corrected chi connectivity index (χ3v) is 3.75. The summed E-state index contributed by atoms with van der Waals surface area (Å²) in [7, 11) is 0. The van der Waals surface area contributed by atoms with Crippen molar-refractivity contribution in [3.8, 4) is 5.75 Å². The third kappa shape index (κ3) is 3.47. The van der Waals surface area contributed by atoms with E-state index < -0.39 is 0 Å². The molecule has 1 saturated heterocycles. The van der Waals surface area contributed by atoms with E-state index in [4.69, 9.17) is 4.74 Å². The van der Waals surface area contributed by atoms with E-state index in [1.165, 1.54) is 5.56 Å². The molecule has 1 aliphatic rings. The maximum absolute atomic E-state index is 5.48. The molecule has 3 atom stereocenters. The van der Waals surface area contributed by atoms with Crippen molar-refractivity contribution in [2.75, 3.05) is 19.7 Å². The van der Waals surface area contributed by atoms with Crippen LogP contribution in [-0.4, -0.2) is 25.7 Å². The highest BCUT2D eigenvalue weighted by Gasteiger charge is 2.32. The van der Waals surface area contributed by atoms with Crippen LogP contribution in [0.1, 0.15) is 32.4 Å². The van der Waals surface area contributed by atoms with Crippen LogP contribution in [0.4, 0.5) is 0 Å². The van der Waals surface area contributed by atoms with Crippen LogP contribution in [0.3, 0.4) is 0 Å². The van der Waals surface area contributed by atoms with Crippen LogP contribution >= 0.6 is 0 Å². The molecular formula is C15H25N3O. The molecule has 1 aromatic carbocycles. The maximum atomic E-state index is 5.48. The summed E-state index contributed by atoms with van der Waals surface area (Å²) in [5.74, 6) is 1.49. The summed E-state index contributed by atoms with van der Waals surface area (Å²) in [5.41, 5.74) is 8.10. The molecule has 4 nitrogen and oxygen atoms in total. The van der Waals surface area contributed by atoms with E-state index in [1.807, 2.05) is 19.1 Å². The highest BCUT2D eigenvalue weighted by molar-refractivity contribution is 5.30. The zero-order valence-electron chi connectivity index (χ0n) is 12.1. The van der Waals surface area contributed by atoms with E-state index in [9.17, 15) is 0 Å². The number of nitrogens with one attached hydrogen (secondary N) is 3. The first kappa shape index (κ1) is 14.3. The number of hydrazine groups is 1. The Morgan fingerprint density at radius 1 is 1.16 bits per heavy atom. The lowest BCUT2D eigenvalue weighted by Crippen LogP contribution is -2.39. The lowest BCUT2D eigenvalue weighted by molar-refractivity contribution is 0.340. The Hall–Kier alpha value is -1.10. The van der Waals surface area contributed by atoms with Gasteiger partial charge in [-0.25, -0.2) is 5.43 Å². The summed E-state index contributed by atoms with van der Waals surface area (Å²) in [6, 6.07) is 9.22. The molecular weight excluding hydrogens is 238 g/mol. The lowest BCUT2D eigenvalue weighted by atomic mass is 9.91. The smallest absolute Gasteiger partial charge is 0.119 e. The first-order valence-electron chi connectivity index (χ1n) is 7.20. The van der Waals surface area contributed by atoms with Crippen molar-refractivity contribution >= 4 is 0 Å². The van der Waals surface area contributed by atoms with Gasteiger partial charge in [-0.3, -0.25) is 5.43 Å². The Morgan fingerprint density at radius 3 is 2.53 bits per heavy atom. The fourth-order valence-corrected chi connectivity index (χ4v) is 2.55. The Kier molecular flexibility index (Phi) is 5.19. The van der Waals surface area contributed by atoms with Crippen molar-refractivity contribution in [3.05, 3.63) is 29.8 Å². The molecule has 0 spiro atoms. The van der Waals surface area contributed by atoms with Gasteiger partial charge in [0.2, 0.25) is 0 Å². The number of likely N-dealkylation sites (N-methyl/N-ethyl adjacent to an activating group) is 1. The minimum atomic E-state index is 0.360. The first-order chi connectivity index (χ1) is 9.26. The minimum absolute atomic E-state index is 0.360. The molecule has 0 amide bonds. The van der Waals surface area contributed by atoms with E-state index in [-0.39, 0.29) is 0 Å². The van der Waals surface area contributed by atoms with Gasteiger partial charge in [-0.15, -0.1) is 0 Å². The Bertz CT molecular complexity index is 379. The number of hydrogen-bond donors (Lipinski definition) is 3. The van der Waals surface area contributed by atoms with Crippen LogP contribution in [0.25, 0.3) is 0 Å². The first-order valence-corrected chi connectivity index (χ1v) is 7.20. The molecule has 3 N–H and O–H groups in total. The fraction of sp³-hybridized carbons (Fsp3) is 0.600. The van der Waals surface area contributed by atoms with Crippen molar-refractivity contribution in [1.82, 2.24) is 16.2 Å². The SMILES string of the molecule is CCNCC1NNC(c2ccc(OCC)cc2)C1C. The molecule has 19 heavy (non-hydrogen) atoms. The van der Waals surface area contributed by atoms with E-state index >= 15 is 0 Å². The quantitative estimate of drug-likeness (QED) is 0.733. The molecule has 1 fully saturated rings. The van der Waals surface area contributed by atoms with Crippen molar-refractivity contribution in [1.29, 1.82) is 0 Å². The van der Waals surface area contributed by atoms with Crippen LogP contribution in [0.5, 0.6) is 5.75 Å². The van der Waals surface area contributed by atoms with Crippen LogP contribution in [0, 0.1) is 5.92 Å². The molecule has 0 aliphatic carbocycles. The van der Waals surface area contributed by atoms with Gasteiger partial charge in [0.1, 0.15) is 5.75 Å². The van der Waals surface area contributed by atoms with Gasteiger partial charge in [0.15, 0.2) is 0 Å². The molecule has 0 bridgehead atoms. The van der Waals surface area contributed by atoms with Gasteiger partial charge >= 0.3 is 0 Å². The van der Waals surface area contributed by atoms with E-state index in [0.29, 0.717) is 24.6 Å². The number of ether oxygens (including phenoxy) is 1. The van der Waals surface area contributed by atoms with Gasteiger partial charge in [0.25, 0.3) is 0 Å². The average Bonchev–Trinajstić information content (AvgIpc) is 2.79. The predicted molar refractivity (Wildman–Crippen MR) is 78.1 cm³/mol. The second-order valence-electron chi connectivity index (χ2n) is 5.04. The summed E-state index contributed by atoms with van der Waals surface area (Å²) in [5, 5.41) is 3.40. The topological polar surface area (TPSA) is 45.3 Å². The lowest BCUT2D eigenvalue weighted by Gasteiger charge is -2.19. The second kappa shape index (κ2) is 6.89. The van der Waals surface area contributed by atoms with Crippen molar-refractivity contribution in [2.45, 2.75) is 32.9 Å². The zero-order valence-corrected chi connectivity index (χ0v) is 12.1. The summed E-state index contributed by atoms with van der Waals surface area (Å²) >= 11 is 0. The van der Waals surface area contributed by atoms with Crippen LogP contribution in [-0.2, 0) is 0 Å². The molecule has 4 heteroatoms. The minimum Gasteiger partial charge on any atom is -0.494 e. The fourth-order valence-electron chi connectivity index (χ4n) is 2.55. The van der Waals surface area contributed by atoms with Gasteiger partial charge < -0.3 is 10.1 Å². The summed E-state index contributed by atoms with van der Waals surface area (Å²) < 4.78 is 5.48.